The molecule has 0 spiro atoms. The molecule has 0 bridgehead atoms. The van der Waals surface area contributed by atoms with E-state index in [1.54, 1.807) is 29.2 Å². The zero-order chi connectivity index (χ0) is 17.8. The van der Waals surface area contributed by atoms with Crippen LogP contribution < -0.4 is 5.32 Å². The number of carbonyl (C=O) groups is 2. The minimum atomic E-state index is -0.155. The molecule has 0 aliphatic carbocycles. The molecular weight excluding hydrogens is 340 g/mol. The molecule has 1 aliphatic heterocycles. The molecule has 0 atom stereocenters. The normalized spacial score (nSPS) is 14.5. The minimum absolute atomic E-state index is 0.101. The first-order valence-corrected chi connectivity index (χ1v) is 8.59. The molecule has 3 amide bonds. The fourth-order valence-electron chi connectivity index (χ4n) is 2.85. The second-order valence-electron chi connectivity index (χ2n) is 6.17. The molecule has 1 N–H and O–H groups in total. The van der Waals surface area contributed by atoms with E-state index in [9.17, 15) is 9.59 Å². The van der Waals surface area contributed by atoms with Gasteiger partial charge in [0.15, 0.2) is 0 Å². The molecule has 25 heavy (non-hydrogen) atoms. The SMILES string of the molecule is Cn1ccc(CC(=O)N2CCN(C(=O)Nc3ccc(Cl)cc3)CC2)c1. The van der Waals surface area contributed by atoms with Gasteiger partial charge >= 0.3 is 6.03 Å². The largest absolute Gasteiger partial charge is 0.357 e. The van der Waals surface area contributed by atoms with Crippen LogP contribution in [0.15, 0.2) is 42.7 Å². The highest BCUT2D eigenvalue weighted by Crippen LogP contribution is 2.14. The van der Waals surface area contributed by atoms with Crippen molar-refractivity contribution in [3.8, 4) is 0 Å². The summed E-state index contributed by atoms with van der Waals surface area (Å²) in [6, 6.07) is 8.79. The molecule has 1 aromatic carbocycles. The standard InChI is InChI=1S/C18H21ClN4O2/c1-21-7-6-14(13-21)12-17(24)22-8-10-23(11-9-22)18(25)20-16-4-2-15(19)3-5-16/h2-7,13H,8-12H2,1H3,(H,20,25). The van der Waals surface area contributed by atoms with Crippen LogP contribution in [0.3, 0.4) is 0 Å². The number of amides is 3. The Hall–Kier alpha value is -2.47. The van der Waals surface area contributed by atoms with Crippen molar-refractivity contribution in [2.45, 2.75) is 6.42 Å². The van der Waals surface area contributed by atoms with E-state index in [-0.39, 0.29) is 11.9 Å². The van der Waals surface area contributed by atoms with Crippen LogP contribution in [-0.2, 0) is 18.3 Å². The molecule has 132 valence electrons. The number of halogens is 1. The molecular formula is C18H21ClN4O2. The summed E-state index contributed by atoms with van der Waals surface area (Å²) in [7, 11) is 1.94. The highest BCUT2D eigenvalue weighted by atomic mass is 35.5. The third-order valence-corrected chi connectivity index (χ3v) is 4.52. The second-order valence-corrected chi connectivity index (χ2v) is 6.60. The van der Waals surface area contributed by atoms with Gasteiger partial charge in [-0.1, -0.05) is 11.6 Å². The molecule has 0 saturated carbocycles. The summed E-state index contributed by atoms with van der Waals surface area (Å²) in [6.07, 6.45) is 4.28. The van der Waals surface area contributed by atoms with Crippen LogP contribution in [0.2, 0.25) is 5.02 Å². The third kappa shape index (κ3) is 4.54. The molecule has 3 rings (SSSR count). The number of benzene rings is 1. The van der Waals surface area contributed by atoms with Crippen molar-refractivity contribution in [2.75, 3.05) is 31.5 Å². The van der Waals surface area contributed by atoms with E-state index in [1.807, 2.05) is 35.0 Å². The average Bonchev–Trinajstić information content (AvgIpc) is 3.02. The number of piperazine rings is 1. The molecule has 6 nitrogen and oxygen atoms in total. The summed E-state index contributed by atoms with van der Waals surface area (Å²) in [5.41, 5.74) is 1.72. The van der Waals surface area contributed by atoms with Crippen LogP contribution in [0.1, 0.15) is 5.56 Å². The fourth-order valence-corrected chi connectivity index (χ4v) is 2.97. The van der Waals surface area contributed by atoms with Gasteiger partial charge in [-0.25, -0.2) is 4.79 Å². The average molecular weight is 361 g/mol. The van der Waals surface area contributed by atoms with Crippen LogP contribution in [0.25, 0.3) is 0 Å². The number of rotatable bonds is 3. The summed E-state index contributed by atoms with van der Waals surface area (Å²) in [5.74, 6) is 0.101. The smallest absolute Gasteiger partial charge is 0.321 e. The van der Waals surface area contributed by atoms with Crippen molar-refractivity contribution in [1.82, 2.24) is 14.4 Å². The second kappa shape index (κ2) is 7.61. The van der Waals surface area contributed by atoms with Crippen molar-refractivity contribution in [2.24, 2.45) is 7.05 Å². The van der Waals surface area contributed by atoms with Gasteiger partial charge in [0.05, 0.1) is 6.42 Å². The maximum Gasteiger partial charge on any atom is 0.321 e. The summed E-state index contributed by atoms with van der Waals surface area (Å²) >= 11 is 5.84. The van der Waals surface area contributed by atoms with Crippen molar-refractivity contribution in [3.05, 3.63) is 53.3 Å². The lowest BCUT2D eigenvalue weighted by atomic mass is 10.2. The molecule has 0 radical (unpaired) electrons. The van der Waals surface area contributed by atoms with E-state index in [2.05, 4.69) is 5.32 Å². The van der Waals surface area contributed by atoms with Gasteiger partial charge in [-0.2, -0.15) is 0 Å². The molecule has 2 heterocycles. The maximum atomic E-state index is 12.4. The maximum absolute atomic E-state index is 12.4. The van der Waals surface area contributed by atoms with Gasteiger partial charge in [0.1, 0.15) is 0 Å². The molecule has 1 aromatic heterocycles. The van der Waals surface area contributed by atoms with Crippen LogP contribution in [0, 0.1) is 0 Å². The number of urea groups is 1. The summed E-state index contributed by atoms with van der Waals surface area (Å²) in [4.78, 5) is 28.2. The number of hydrogen-bond donors (Lipinski definition) is 1. The predicted octanol–water partition coefficient (Wildman–Crippen LogP) is 2.60. The Morgan fingerprint density at radius 3 is 2.28 bits per heavy atom. The monoisotopic (exact) mass is 360 g/mol. The Morgan fingerprint density at radius 1 is 1.04 bits per heavy atom. The lowest BCUT2D eigenvalue weighted by molar-refractivity contribution is -0.131. The number of hydrogen-bond acceptors (Lipinski definition) is 2. The van der Waals surface area contributed by atoms with Gasteiger partial charge < -0.3 is 19.7 Å². The van der Waals surface area contributed by atoms with Crippen molar-refractivity contribution < 1.29 is 9.59 Å². The van der Waals surface area contributed by atoms with Gasteiger partial charge in [0.2, 0.25) is 5.91 Å². The van der Waals surface area contributed by atoms with E-state index < -0.39 is 0 Å². The lowest BCUT2D eigenvalue weighted by Crippen LogP contribution is -2.52. The van der Waals surface area contributed by atoms with E-state index in [0.717, 1.165) is 5.56 Å². The van der Waals surface area contributed by atoms with E-state index >= 15 is 0 Å². The Morgan fingerprint density at radius 2 is 1.68 bits per heavy atom. The summed E-state index contributed by atoms with van der Waals surface area (Å²) in [6.45, 7) is 2.17. The number of aromatic nitrogens is 1. The van der Waals surface area contributed by atoms with Gasteiger partial charge in [-0.3, -0.25) is 4.79 Å². The number of carbonyl (C=O) groups excluding carboxylic acids is 2. The number of anilines is 1. The lowest BCUT2D eigenvalue weighted by Gasteiger charge is -2.34. The molecule has 7 heteroatoms. The predicted molar refractivity (Wildman–Crippen MR) is 97.7 cm³/mol. The van der Waals surface area contributed by atoms with Gasteiger partial charge in [-0.15, -0.1) is 0 Å². The quantitative estimate of drug-likeness (QED) is 0.914. The van der Waals surface area contributed by atoms with Crippen LogP contribution in [0.4, 0.5) is 10.5 Å². The minimum Gasteiger partial charge on any atom is -0.357 e. The summed E-state index contributed by atoms with van der Waals surface area (Å²) < 4.78 is 1.93. The highest BCUT2D eigenvalue weighted by Gasteiger charge is 2.24. The van der Waals surface area contributed by atoms with Gasteiger partial charge in [0.25, 0.3) is 0 Å². The van der Waals surface area contributed by atoms with Crippen LogP contribution >= 0.6 is 11.6 Å². The van der Waals surface area contributed by atoms with E-state index in [0.29, 0.717) is 43.3 Å². The number of nitrogens with zero attached hydrogens (tertiary/aromatic N) is 3. The van der Waals surface area contributed by atoms with Crippen molar-refractivity contribution >= 4 is 29.2 Å². The first kappa shape index (κ1) is 17.4. The highest BCUT2D eigenvalue weighted by molar-refractivity contribution is 6.30. The Bertz CT molecular complexity index is 749. The van der Waals surface area contributed by atoms with E-state index in [4.69, 9.17) is 11.6 Å². The van der Waals surface area contributed by atoms with E-state index in [1.165, 1.54) is 0 Å². The fraction of sp³-hybridized carbons (Fsp3) is 0.333. The molecule has 1 saturated heterocycles. The first-order chi connectivity index (χ1) is 12.0. The summed E-state index contributed by atoms with van der Waals surface area (Å²) in [5, 5.41) is 3.48. The molecule has 0 unspecified atom stereocenters. The first-order valence-electron chi connectivity index (χ1n) is 8.21. The topological polar surface area (TPSA) is 57.6 Å². The zero-order valence-corrected chi connectivity index (χ0v) is 14.9. The number of nitrogens with one attached hydrogen (secondary N) is 1. The van der Waals surface area contributed by atoms with Gasteiger partial charge in [0, 0.05) is 56.3 Å². The van der Waals surface area contributed by atoms with Gasteiger partial charge in [-0.05, 0) is 35.9 Å². The Labute approximate surface area is 152 Å². The van der Waals surface area contributed by atoms with Crippen molar-refractivity contribution in [3.63, 3.8) is 0 Å². The Balaban J connectivity index is 1.48. The molecule has 1 fully saturated rings. The van der Waals surface area contributed by atoms with Crippen LogP contribution in [0.5, 0.6) is 0 Å². The third-order valence-electron chi connectivity index (χ3n) is 4.26. The molecule has 1 aliphatic rings. The van der Waals surface area contributed by atoms with Crippen molar-refractivity contribution in [1.29, 1.82) is 0 Å². The number of aryl methyl sites for hydroxylation is 1. The molecule has 2 aromatic rings. The zero-order valence-electron chi connectivity index (χ0n) is 14.1. The van der Waals surface area contributed by atoms with Crippen LogP contribution in [-0.4, -0.2) is 52.5 Å². The Kier molecular flexibility index (Phi) is 5.28.